The Bertz CT molecular complexity index is 701. The van der Waals surface area contributed by atoms with Crippen LogP contribution in [-0.4, -0.2) is 84.4 Å². The molecule has 9 N–H and O–H groups in total. The summed E-state index contributed by atoms with van der Waals surface area (Å²) in [6.07, 6.45) is 3.20. The van der Waals surface area contributed by atoms with Gasteiger partial charge in [-0.1, -0.05) is 0 Å². The molecule has 0 unspecified atom stereocenters. The number of nitrogens with one attached hydrogen (secondary N) is 3. The number of aliphatic hydroxyl groups is 6. The van der Waals surface area contributed by atoms with Gasteiger partial charge in [-0.25, -0.2) is 0 Å². The van der Waals surface area contributed by atoms with Crippen molar-refractivity contribution in [1.82, 2.24) is 16.0 Å². The molecule has 0 aliphatic rings. The van der Waals surface area contributed by atoms with Crippen molar-refractivity contribution in [3.8, 4) is 0 Å². The fourth-order valence-electron chi connectivity index (χ4n) is 1.84. The Balaban J connectivity index is -0.000000218. The van der Waals surface area contributed by atoms with Gasteiger partial charge in [0, 0.05) is 35.3 Å². The molecule has 13 heteroatoms. The Labute approximate surface area is 230 Å². The second-order valence-electron chi connectivity index (χ2n) is 9.92. The van der Waals surface area contributed by atoms with Gasteiger partial charge < -0.3 is 46.6 Å². The van der Waals surface area contributed by atoms with Crippen molar-refractivity contribution in [2.45, 2.75) is 78.9 Å². The molecule has 0 amide bonds. The number of aliphatic hydroxyl groups excluding tert-OH is 6. The number of carbonyl (C=O) groups is 3. The molecule has 0 saturated heterocycles. The van der Waals surface area contributed by atoms with Crippen LogP contribution >= 0.6 is 0 Å². The Morgan fingerprint density at radius 3 is 0.811 bits per heavy atom. The second kappa shape index (κ2) is 19.5. The standard InChI is InChI=1S/3C8H15NO3.Fe/c3*1-6(11)4-7(12)9-8(2,3)5-10;/h3*4,9-10,12H,5H2,1-3H3;. The maximum atomic E-state index is 10.5. The molecule has 37 heavy (non-hydrogen) atoms. The third-order valence-electron chi connectivity index (χ3n) is 3.61. The van der Waals surface area contributed by atoms with E-state index in [1.807, 2.05) is 0 Å². The number of hydrogen-bond acceptors (Lipinski definition) is 12. The van der Waals surface area contributed by atoms with E-state index in [2.05, 4.69) is 16.0 Å². The quantitative estimate of drug-likeness (QED) is 0.0907. The molecule has 0 aromatic carbocycles. The summed E-state index contributed by atoms with van der Waals surface area (Å²) in [6, 6.07) is 0. The fraction of sp³-hybridized carbons (Fsp3) is 0.625. The van der Waals surface area contributed by atoms with Gasteiger partial charge >= 0.3 is 0 Å². The van der Waals surface area contributed by atoms with E-state index >= 15 is 0 Å². The monoisotopic (exact) mass is 575 g/mol. The third kappa shape index (κ3) is 29.5. The first kappa shape index (κ1) is 41.6. The van der Waals surface area contributed by atoms with Crippen LogP contribution in [0.15, 0.2) is 35.9 Å². The molecular weight excluding hydrogens is 530 g/mol. The summed E-state index contributed by atoms with van der Waals surface area (Å²) in [7, 11) is 0. The van der Waals surface area contributed by atoms with Gasteiger partial charge in [-0.15, -0.1) is 0 Å². The van der Waals surface area contributed by atoms with E-state index in [9.17, 15) is 14.4 Å². The Morgan fingerprint density at radius 1 is 0.541 bits per heavy atom. The molecule has 12 nitrogen and oxygen atoms in total. The van der Waals surface area contributed by atoms with Crippen molar-refractivity contribution in [2.75, 3.05) is 19.8 Å². The topological polar surface area (TPSA) is 209 Å². The first-order valence-corrected chi connectivity index (χ1v) is 11.0. The van der Waals surface area contributed by atoms with Crippen molar-refractivity contribution in [2.24, 2.45) is 0 Å². The number of ketones is 3. The Hall–Kier alpha value is -2.57. The third-order valence-corrected chi connectivity index (χ3v) is 3.61. The molecular formula is C24H45FeN3O9. The van der Waals surface area contributed by atoms with Crippen LogP contribution < -0.4 is 16.0 Å². The Morgan fingerprint density at radius 2 is 0.703 bits per heavy atom. The van der Waals surface area contributed by atoms with Crippen LogP contribution in [0.25, 0.3) is 0 Å². The largest absolute Gasteiger partial charge is 0.495 e. The number of rotatable bonds is 12. The van der Waals surface area contributed by atoms with Crippen LogP contribution in [0.2, 0.25) is 0 Å². The van der Waals surface area contributed by atoms with E-state index in [-0.39, 0.29) is 71.9 Å². The van der Waals surface area contributed by atoms with E-state index in [4.69, 9.17) is 30.6 Å². The van der Waals surface area contributed by atoms with Crippen molar-refractivity contribution in [3.63, 3.8) is 0 Å². The Kier molecular flexibility index (Phi) is 21.9. The summed E-state index contributed by atoms with van der Waals surface area (Å²) in [5.74, 6) is -1.39. The average molecular weight is 575 g/mol. The molecule has 0 saturated carbocycles. The van der Waals surface area contributed by atoms with Gasteiger partial charge in [0.25, 0.3) is 0 Å². The van der Waals surface area contributed by atoms with E-state index in [1.54, 1.807) is 41.5 Å². The molecule has 218 valence electrons. The zero-order chi connectivity index (χ0) is 29.3. The molecule has 0 spiro atoms. The van der Waals surface area contributed by atoms with Crippen molar-refractivity contribution >= 4 is 17.3 Å². The molecule has 0 fully saturated rings. The number of allylic oxidation sites excluding steroid dienone is 3. The smallest absolute Gasteiger partial charge is 0.188 e. The van der Waals surface area contributed by atoms with E-state index < -0.39 is 16.6 Å². The minimum atomic E-state index is -0.615. The summed E-state index contributed by atoms with van der Waals surface area (Å²) in [4.78, 5) is 31.5. The van der Waals surface area contributed by atoms with Crippen LogP contribution in [-0.2, 0) is 31.5 Å². The summed E-state index contributed by atoms with van der Waals surface area (Å²) >= 11 is 0. The van der Waals surface area contributed by atoms with Crippen LogP contribution in [0.3, 0.4) is 0 Å². The summed E-state index contributed by atoms with van der Waals surface area (Å²) < 4.78 is 0. The zero-order valence-electron chi connectivity index (χ0n) is 23.1. The van der Waals surface area contributed by atoms with Crippen molar-refractivity contribution in [3.05, 3.63) is 35.9 Å². The zero-order valence-corrected chi connectivity index (χ0v) is 24.2. The summed E-state index contributed by atoms with van der Waals surface area (Å²) in [5.41, 5.74) is -1.85. The van der Waals surface area contributed by atoms with Crippen LogP contribution in [0, 0.1) is 0 Å². The maximum absolute atomic E-state index is 10.5. The molecule has 0 aliphatic heterocycles. The molecule has 0 aromatic heterocycles. The van der Waals surface area contributed by atoms with Crippen molar-refractivity contribution in [1.29, 1.82) is 0 Å². The summed E-state index contributed by atoms with van der Waals surface area (Å²) in [5, 5.41) is 61.4. The first-order chi connectivity index (χ1) is 16.1. The van der Waals surface area contributed by atoms with Gasteiger partial charge in [0.15, 0.2) is 35.0 Å². The van der Waals surface area contributed by atoms with Gasteiger partial charge in [-0.2, -0.15) is 0 Å². The molecule has 0 rings (SSSR count). The minimum absolute atomic E-state index is 0. The van der Waals surface area contributed by atoms with Crippen molar-refractivity contribution < 1.29 is 62.1 Å². The molecule has 0 radical (unpaired) electrons. The van der Waals surface area contributed by atoms with Gasteiger partial charge in [0.1, 0.15) is 0 Å². The van der Waals surface area contributed by atoms with Gasteiger partial charge in [-0.3, -0.25) is 14.4 Å². The molecule has 0 bridgehead atoms. The first-order valence-electron chi connectivity index (χ1n) is 11.0. The molecule has 0 heterocycles. The van der Waals surface area contributed by atoms with E-state index in [0.29, 0.717) is 0 Å². The van der Waals surface area contributed by atoms with E-state index in [0.717, 1.165) is 18.2 Å². The van der Waals surface area contributed by atoms with Gasteiger partial charge in [-0.05, 0) is 62.3 Å². The van der Waals surface area contributed by atoms with E-state index in [1.165, 1.54) is 20.8 Å². The molecule has 0 atom stereocenters. The molecule has 0 aliphatic carbocycles. The van der Waals surface area contributed by atoms with Gasteiger partial charge in [0.05, 0.1) is 36.4 Å². The summed E-state index contributed by atoms with van der Waals surface area (Å²) in [6.45, 7) is 13.9. The predicted molar refractivity (Wildman–Crippen MR) is 137 cm³/mol. The molecule has 0 aromatic rings. The normalized spacial score (nSPS) is 12.5. The average Bonchev–Trinajstić information content (AvgIpc) is 2.65. The van der Waals surface area contributed by atoms with Crippen LogP contribution in [0.5, 0.6) is 0 Å². The fourth-order valence-corrected chi connectivity index (χ4v) is 1.84. The predicted octanol–water partition coefficient (Wildman–Crippen LogP) is 1.00. The number of hydrogen-bond donors (Lipinski definition) is 9. The SMILES string of the molecule is CC(=O)C=C(O)NC(C)(C)CO.CC(=O)C=C(O)NC(C)(C)CO.CC(=O)C=C(O)NC(C)(C)CO.[Fe]. The maximum Gasteiger partial charge on any atom is 0.188 e. The second-order valence-corrected chi connectivity index (χ2v) is 9.92. The van der Waals surface area contributed by atoms with Crippen LogP contribution in [0.1, 0.15) is 62.3 Å². The van der Waals surface area contributed by atoms with Gasteiger partial charge in [0.2, 0.25) is 0 Å². The minimum Gasteiger partial charge on any atom is -0.495 e. The number of carbonyl (C=O) groups excluding carboxylic acids is 3. The van der Waals surface area contributed by atoms with Crippen LogP contribution in [0.4, 0.5) is 0 Å².